The minimum Gasteiger partial charge on any atom is -0.489 e. The molecule has 4 aliphatic carbocycles. The Morgan fingerprint density at radius 3 is 2.19 bits per heavy atom. The van der Waals surface area contributed by atoms with E-state index in [9.17, 15) is 23.4 Å². The second kappa shape index (κ2) is 11.3. The summed E-state index contributed by atoms with van der Waals surface area (Å²) in [6.45, 7) is 7.79. The van der Waals surface area contributed by atoms with Crippen molar-refractivity contribution in [2.24, 2.45) is 22.7 Å². The molecule has 0 bridgehead atoms. The van der Waals surface area contributed by atoms with Gasteiger partial charge in [0.2, 0.25) is 5.67 Å². The van der Waals surface area contributed by atoms with Gasteiger partial charge in [0.25, 0.3) is 0 Å². The Hall–Kier alpha value is -2.46. The van der Waals surface area contributed by atoms with Crippen LogP contribution in [0.2, 0.25) is 0 Å². The van der Waals surface area contributed by atoms with Crippen LogP contribution in [0.1, 0.15) is 96.1 Å². The Kier molecular flexibility index (Phi) is 7.99. The zero-order valence-electron chi connectivity index (χ0n) is 28.3. The summed E-state index contributed by atoms with van der Waals surface area (Å²) in [4.78, 5) is 0. The summed E-state index contributed by atoms with van der Waals surface area (Å²) in [5.41, 5.74) is -5.21. The van der Waals surface area contributed by atoms with Crippen molar-refractivity contribution in [1.29, 1.82) is 0 Å². The van der Waals surface area contributed by atoms with Gasteiger partial charge in [-0.3, -0.25) is 0 Å². The van der Waals surface area contributed by atoms with Crippen molar-refractivity contribution in [3.63, 3.8) is 0 Å². The number of alkyl halides is 4. The van der Waals surface area contributed by atoms with E-state index in [0.717, 1.165) is 22.3 Å². The van der Waals surface area contributed by atoms with Gasteiger partial charge in [-0.05, 0) is 86.1 Å². The van der Waals surface area contributed by atoms with E-state index in [1.165, 1.54) is 0 Å². The minimum atomic E-state index is -5.23. The normalized spacial score (nSPS) is 36.9. The minimum absolute atomic E-state index is 0.124. The first kappa shape index (κ1) is 34.0. The molecule has 1 spiro atoms. The summed E-state index contributed by atoms with van der Waals surface area (Å²) < 4.78 is 77.7. The van der Waals surface area contributed by atoms with E-state index in [1.54, 1.807) is 6.92 Å². The fraction of sp³-hybridized carbons (Fsp3) is 0.641. The quantitative estimate of drug-likeness (QED) is 0.246. The number of hydrogen-bond acceptors (Lipinski definition) is 5. The van der Waals surface area contributed by atoms with Gasteiger partial charge in [-0.1, -0.05) is 68.8 Å². The summed E-state index contributed by atoms with van der Waals surface area (Å²) >= 11 is 0. The molecule has 0 aromatic heterocycles. The lowest BCUT2D eigenvalue weighted by Gasteiger charge is -2.59. The molecular weight excluding hydrogens is 624 g/mol. The third-order valence-corrected chi connectivity index (χ3v) is 12.9. The molecule has 7 atom stereocenters. The second-order valence-corrected chi connectivity index (χ2v) is 16.5. The Morgan fingerprint density at radius 1 is 0.875 bits per heavy atom. The van der Waals surface area contributed by atoms with Crippen LogP contribution in [0, 0.1) is 22.7 Å². The lowest BCUT2D eigenvalue weighted by atomic mass is 9.48. The fourth-order valence-electron chi connectivity index (χ4n) is 10.1. The molecule has 262 valence electrons. The first-order valence-corrected chi connectivity index (χ1v) is 17.4. The van der Waals surface area contributed by atoms with Crippen LogP contribution >= 0.6 is 0 Å². The topological polar surface area (TPSA) is 68.2 Å². The lowest BCUT2D eigenvalue weighted by Crippen LogP contribution is -2.66. The highest BCUT2D eigenvalue weighted by Gasteiger charge is 2.76. The maximum Gasteiger partial charge on any atom is 0.425 e. The predicted octanol–water partition coefficient (Wildman–Crippen LogP) is 8.58. The van der Waals surface area contributed by atoms with Gasteiger partial charge in [-0.15, -0.1) is 0 Å². The van der Waals surface area contributed by atoms with Crippen molar-refractivity contribution in [2.75, 3.05) is 13.2 Å². The smallest absolute Gasteiger partial charge is 0.425 e. The van der Waals surface area contributed by atoms with Crippen LogP contribution in [-0.4, -0.2) is 52.3 Å². The zero-order valence-corrected chi connectivity index (χ0v) is 28.3. The van der Waals surface area contributed by atoms with Gasteiger partial charge < -0.3 is 24.4 Å². The molecule has 1 aliphatic heterocycles. The molecular formula is C39H48F4O5. The van der Waals surface area contributed by atoms with E-state index in [1.807, 2.05) is 54.6 Å². The molecule has 1 heterocycles. The summed E-state index contributed by atoms with van der Waals surface area (Å²) in [7, 11) is 0. The van der Waals surface area contributed by atoms with E-state index in [-0.39, 0.29) is 36.5 Å². The fourth-order valence-corrected chi connectivity index (χ4v) is 10.1. The average molecular weight is 673 g/mol. The number of rotatable bonds is 5. The van der Waals surface area contributed by atoms with Gasteiger partial charge in [0, 0.05) is 29.6 Å². The molecule has 2 aromatic carbocycles. The number of fused-ring (bicyclic) bond motifs is 4. The van der Waals surface area contributed by atoms with Crippen LogP contribution < -0.4 is 4.74 Å². The van der Waals surface area contributed by atoms with Crippen molar-refractivity contribution < 1.29 is 42.0 Å². The van der Waals surface area contributed by atoms with Gasteiger partial charge in [0.05, 0.1) is 18.8 Å². The number of aliphatic hydroxyl groups is 2. The monoisotopic (exact) mass is 672 g/mol. The highest BCUT2D eigenvalue weighted by atomic mass is 19.4. The molecule has 7 rings (SSSR count). The maximum absolute atomic E-state index is 16.0. The first-order chi connectivity index (χ1) is 22.4. The van der Waals surface area contributed by atoms with Gasteiger partial charge in [-0.25, -0.2) is 4.39 Å². The van der Waals surface area contributed by atoms with Crippen LogP contribution in [0.25, 0.3) is 0 Å². The van der Waals surface area contributed by atoms with Crippen molar-refractivity contribution in [3.05, 3.63) is 76.9 Å². The van der Waals surface area contributed by atoms with E-state index < -0.39 is 40.2 Å². The lowest BCUT2D eigenvalue weighted by molar-refractivity contribution is -0.323. The van der Waals surface area contributed by atoms with Crippen molar-refractivity contribution >= 4 is 0 Å². The second-order valence-electron chi connectivity index (χ2n) is 16.5. The highest BCUT2D eigenvalue weighted by Crippen LogP contribution is 2.71. The predicted molar refractivity (Wildman–Crippen MR) is 173 cm³/mol. The van der Waals surface area contributed by atoms with Gasteiger partial charge in [-0.2, -0.15) is 13.2 Å². The van der Waals surface area contributed by atoms with Gasteiger partial charge >= 0.3 is 6.18 Å². The van der Waals surface area contributed by atoms with Crippen LogP contribution in [0.5, 0.6) is 5.75 Å². The Balaban J connectivity index is 1.27. The average Bonchev–Trinajstić information content (AvgIpc) is 3.32. The molecule has 0 radical (unpaired) electrons. The summed E-state index contributed by atoms with van der Waals surface area (Å²) in [5, 5.41) is 24.4. The molecule has 0 amide bonds. The Bertz CT molecular complexity index is 1540. The molecule has 3 saturated carbocycles. The number of ether oxygens (including phenoxy) is 3. The number of hydrogen-bond donors (Lipinski definition) is 2. The largest absolute Gasteiger partial charge is 0.489 e. The highest BCUT2D eigenvalue weighted by molar-refractivity contribution is 5.45. The molecule has 48 heavy (non-hydrogen) atoms. The van der Waals surface area contributed by atoms with Crippen LogP contribution in [0.15, 0.2) is 65.7 Å². The standard InChI is InChI=1S/C39H48F4O5/c1-33(2)23-47-37(48-24-33)18-15-31-32-28(14-17-36(31,44)22-37)30-16-19-38(45,35(4,40)39(41,42)43)34(30,3)20-29(32)26-10-12-27(13-11-26)46-21-25-8-6-5-7-9-25/h5-13,28-30,44-45H,14-24H2,1-4H3/t28?,29-,30?,34+,35?,36-,38+/m1/s1. The van der Waals surface area contributed by atoms with E-state index in [0.29, 0.717) is 64.6 Å². The Labute approximate surface area is 280 Å². The molecule has 3 unspecified atom stereocenters. The SMILES string of the molecule is CC1(C)COC2(CCC3=C4C(CC[C@@]3(O)C2)C2CC[C@@](O)(C(C)(F)C(F)(F)F)[C@@]2(C)C[C@@H]4c2ccc(OCc3ccccc3)cc2)OC1. The number of benzene rings is 2. The zero-order chi connectivity index (χ0) is 34.4. The summed E-state index contributed by atoms with van der Waals surface area (Å²) in [6.07, 6.45) is -2.76. The summed E-state index contributed by atoms with van der Waals surface area (Å²) in [5.74, 6) is -1.21. The molecule has 5 aliphatic rings. The molecule has 2 N–H and O–H groups in total. The van der Waals surface area contributed by atoms with Crippen LogP contribution in [0.3, 0.4) is 0 Å². The third kappa shape index (κ3) is 5.25. The molecule has 2 aromatic rings. The van der Waals surface area contributed by atoms with Crippen LogP contribution in [0.4, 0.5) is 17.6 Å². The number of halogens is 4. The van der Waals surface area contributed by atoms with E-state index in [4.69, 9.17) is 14.2 Å². The molecule has 1 saturated heterocycles. The Morgan fingerprint density at radius 2 is 1.54 bits per heavy atom. The van der Waals surface area contributed by atoms with Crippen molar-refractivity contribution in [3.8, 4) is 5.75 Å². The van der Waals surface area contributed by atoms with Crippen LogP contribution in [-0.2, 0) is 16.1 Å². The third-order valence-electron chi connectivity index (χ3n) is 12.9. The molecule has 4 fully saturated rings. The van der Waals surface area contributed by atoms with Crippen molar-refractivity contribution in [1.82, 2.24) is 0 Å². The number of allylic oxidation sites excluding steroid dienone is 1. The summed E-state index contributed by atoms with van der Waals surface area (Å²) in [6, 6.07) is 17.4. The van der Waals surface area contributed by atoms with Crippen molar-refractivity contribution in [2.45, 2.75) is 120 Å². The molecule has 9 heteroatoms. The first-order valence-electron chi connectivity index (χ1n) is 17.4. The molecule has 5 nitrogen and oxygen atoms in total. The van der Waals surface area contributed by atoms with Gasteiger partial charge in [0.1, 0.15) is 18.0 Å². The van der Waals surface area contributed by atoms with E-state index >= 15 is 4.39 Å². The van der Waals surface area contributed by atoms with Gasteiger partial charge in [0.15, 0.2) is 5.79 Å². The maximum atomic E-state index is 16.0. The van der Waals surface area contributed by atoms with E-state index in [2.05, 4.69) is 13.8 Å².